The van der Waals surface area contributed by atoms with Crippen LogP contribution in [0.25, 0.3) is 0 Å². The molecule has 0 fully saturated rings. The maximum Gasteiger partial charge on any atom is 0.416 e. The molecule has 0 saturated carbocycles. The molecule has 22 heavy (non-hydrogen) atoms. The van der Waals surface area contributed by atoms with Gasteiger partial charge in [0.25, 0.3) is 0 Å². The van der Waals surface area contributed by atoms with Crippen molar-refractivity contribution in [3.05, 3.63) is 35.1 Å². The molecule has 2 unspecified atom stereocenters. The molecule has 0 aromatic heterocycles. The smallest absolute Gasteiger partial charge is 0.299 e. The third kappa shape index (κ3) is 5.11. The van der Waals surface area contributed by atoms with Crippen LogP contribution in [-0.2, 0) is 17.4 Å². The van der Waals surface area contributed by atoms with E-state index in [1.165, 1.54) is 0 Å². The predicted molar refractivity (Wildman–Crippen MR) is 78.0 cm³/mol. The van der Waals surface area contributed by atoms with Gasteiger partial charge in [0.05, 0.1) is 5.56 Å². The Hall–Kier alpha value is -1.39. The summed E-state index contributed by atoms with van der Waals surface area (Å²) in [6, 6.07) is 2.44. The first kappa shape index (κ1) is 18.7. The second kappa shape index (κ2) is 7.75. The maximum atomic E-state index is 13.8. The molecule has 1 nitrogen and oxygen atoms in total. The van der Waals surface area contributed by atoms with Gasteiger partial charge in [-0.3, -0.25) is 4.79 Å². The second-order valence-corrected chi connectivity index (χ2v) is 5.76. The van der Waals surface area contributed by atoms with Gasteiger partial charge >= 0.3 is 6.18 Å². The molecule has 2 atom stereocenters. The molecule has 1 aromatic carbocycles. The fourth-order valence-electron chi connectivity index (χ4n) is 2.29. The summed E-state index contributed by atoms with van der Waals surface area (Å²) < 4.78 is 51.9. The van der Waals surface area contributed by atoms with Gasteiger partial charge in [0.2, 0.25) is 0 Å². The molecule has 0 spiro atoms. The third-order valence-electron chi connectivity index (χ3n) is 4.11. The number of carbonyl (C=O) groups is 1. The van der Waals surface area contributed by atoms with Crippen LogP contribution < -0.4 is 0 Å². The monoisotopic (exact) mass is 318 g/mol. The summed E-state index contributed by atoms with van der Waals surface area (Å²) in [4.78, 5) is 12.0. The van der Waals surface area contributed by atoms with Crippen LogP contribution in [-0.4, -0.2) is 5.78 Å². The molecule has 0 bridgehead atoms. The Morgan fingerprint density at radius 1 is 1.18 bits per heavy atom. The summed E-state index contributed by atoms with van der Waals surface area (Å²) in [5.41, 5.74) is -0.828. The molecule has 0 saturated heterocycles. The molecule has 0 aliphatic rings. The zero-order valence-corrected chi connectivity index (χ0v) is 13.1. The van der Waals surface area contributed by atoms with E-state index in [9.17, 15) is 22.4 Å². The fraction of sp³-hybridized carbons (Fsp3) is 0.588. The van der Waals surface area contributed by atoms with E-state index < -0.39 is 17.6 Å². The van der Waals surface area contributed by atoms with Gasteiger partial charge < -0.3 is 0 Å². The molecule has 0 N–H and O–H groups in total. The van der Waals surface area contributed by atoms with Crippen molar-refractivity contribution >= 4 is 5.78 Å². The summed E-state index contributed by atoms with van der Waals surface area (Å²) in [5.74, 6) is -0.774. The topological polar surface area (TPSA) is 17.1 Å². The van der Waals surface area contributed by atoms with Crippen molar-refractivity contribution in [2.75, 3.05) is 0 Å². The highest BCUT2D eigenvalue weighted by molar-refractivity contribution is 5.80. The molecule has 5 heteroatoms. The molecular formula is C17H22F4O. The Morgan fingerprint density at radius 2 is 1.82 bits per heavy atom. The highest BCUT2D eigenvalue weighted by Crippen LogP contribution is 2.31. The van der Waals surface area contributed by atoms with Gasteiger partial charge in [-0.1, -0.05) is 27.2 Å². The highest BCUT2D eigenvalue weighted by atomic mass is 19.4. The Labute approximate surface area is 128 Å². The van der Waals surface area contributed by atoms with Crippen molar-refractivity contribution in [2.24, 2.45) is 11.8 Å². The first-order valence-electron chi connectivity index (χ1n) is 7.57. The minimum absolute atomic E-state index is 0.0265. The van der Waals surface area contributed by atoms with Crippen LogP contribution in [0.15, 0.2) is 18.2 Å². The summed E-state index contributed by atoms with van der Waals surface area (Å²) in [6.45, 7) is 5.61. The summed E-state index contributed by atoms with van der Waals surface area (Å²) >= 11 is 0. The number of Topliss-reactive ketones (excluding diaryl/α,β-unsaturated/α-hetero) is 1. The van der Waals surface area contributed by atoms with E-state index in [0.717, 1.165) is 24.6 Å². The average Bonchev–Trinajstić information content (AvgIpc) is 2.46. The average molecular weight is 318 g/mol. The predicted octanol–water partition coefficient (Wildman–Crippen LogP) is 5.42. The number of alkyl halides is 3. The van der Waals surface area contributed by atoms with E-state index in [2.05, 4.69) is 0 Å². The summed E-state index contributed by atoms with van der Waals surface area (Å²) in [6.07, 6.45) is -2.71. The number of benzene rings is 1. The van der Waals surface area contributed by atoms with Crippen molar-refractivity contribution in [1.82, 2.24) is 0 Å². The Bertz CT molecular complexity index is 508. The lowest BCUT2D eigenvalue weighted by atomic mass is 9.87. The zero-order chi connectivity index (χ0) is 16.9. The highest BCUT2D eigenvalue weighted by Gasteiger charge is 2.31. The number of carbonyl (C=O) groups excluding carboxylic acids is 1. The normalized spacial score (nSPS) is 14.7. The maximum absolute atomic E-state index is 13.8. The zero-order valence-electron chi connectivity index (χ0n) is 13.1. The van der Waals surface area contributed by atoms with Crippen molar-refractivity contribution < 1.29 is 22.4 Å². The van der Waals surface area contributed by atoms with E-state index in [0.29, 0.717) is 6.42 Å². The van der Waals surface area contributed by atoms with Gasteiger partial charge in [-0.15, -0.1) is 0 Å². The van der Waals surface area contributed by atoms with Gasteiger partial charge in [0, 0.05) is 12.3 Å². The van der Waals surface area contributed by atoms with Crippen molar-refractivity contribution in [3.8, 4) is 0 Å². The number of hydrogen-bond donors (Lipinski definition) is 0. The first-order chi connectivity index (χ1) is 10.2. The SMILES string of the molecule is CCC(CC(=O)C(C)CC)Cc1cc(C(F)(F)F)ccc1F. The lowest BCUT2D eigenvalue weighted by molar-refractivity contribution is -0.137. The van der Waals surface area contributed by atoms with Crippen molar-refractivity contribution in [3.63, 3.8) is 0 Å². The minimum Gasteiger partial charge on any atom is -0.299 e. The minimum atomic E-state index is -4.49. The van der Waals surface area contributed by atoms with Gasteiger partial charge in [-0.25, -0.2) is 4.39 Å². The van der Waals surface area contributed by atoms with Crippen LogP contribution in [0.2, 0.25) is 0 Å². The van der Waals surface area contributed by atoms with Crippen LogP contribution in [0.1, 0.15) is 51.2 Å². The standard InChI is InChI=1S/C17H22F4O/c1-4-11(3)16(22)9-12(5-2)8-13-10-14(17(19,20)21)6-7-15(13)18/h6-7,10-12H,4-5,8-9H2,1-3H3. The number of halogens is 4. The number of hydrogen-bond acceptors (Lipinski definition) is 1. The molecule has 1 rings (SSSR count). The van der Waals surface area contributed by atoms with Crippen LogP contribution in [0.4, 0.5) is 17.6 Å². The number of rotatable bonds is 7. The molecular weight excluding hydrogens is 296 g/mol. The molecule has 124 valence electrons. The lowest BCUT2D eigenvalue weighted by Crippen LogP contribution is -2.17. The van der Waals surface area contributed by atoms with Crippen LogP contribution in [0.5, 0.6) is 0 Å². The first-order valence-corrected chi connectivity index (χ1v) is 7.57. The number of ketones is 1. The largest absolute Gasteiger partial charge is 0.416 e. The molecule has 0 amide bonds. The summed E-state index contributed by atoms with van der Waals surface area (Å²) in [5, 5.41) is 0. The Balaban J connectivity index is 2.89. The van der Waals surface area contributed by atoms with Gasteiger partial charge in [-0.05, 0) is 42.5 Å². The molecule has 0 heterocycles. The Morgan fingerprint density at radius 3 is 2.32 bits per heavy atom. The second-order valence-electron chi connectivity index (χ2n) is 5.76. The van der Waals surface area contributed by atoms with E-state index >= 15 is 0 Å². The van der Waals surface area contributed by atoms with Gasteiger partial charge in [0.1, 0.15) is 11.6 Å². The molecule has 0 aliphatic heterocycles. The molecule has 0 aliphatic carbocycles. The quantitative estimate of drug-likeness (QED) is 0.614. The fourth-order valence-corrected chi connectivity index (χ4v) is 2.29. The third-order valence-corrected chi connectivity index (χ3v) is 4.11. The van der Waals surface area contributed by atoms with Crippen LogP contribution in [0.3, 0.4) is 0 Å². The van der Waals surface area contributed by atoms with E-state index in [-0.39, 0.29) is 36.0 Å². The molecule has 0 radical (unpaired) electrons. The van der Waals surface area contributed by atoms with Crippen LogP contribution in [0, 0.1) is 17.7 Å². The van der Waals surface area contributed by atoms with E-state index in [1.54, 1.807) is 0 Å². The van der Waals surface area contributed by atoms with Gasteiger partial charge in [0.15, 0.2) is 0 Å². The lowest BCUT2D eigenvalue weighted by Gasteiger charge is -2.18. The summed E-state index contributed by atoms with van der Waals surface area (Å²) in [7, 11) is 0. The Kier molecular flexibility index (Phi) is 6.57. The van der Waals surface area contributed by atoms with E-state index in [4.69, 9.17) is 0 Å². The van der Waals surface area contributed by atoms with Crippen LogP contribution >= 0.6 is 0 Å². The van der Waals surface area contributed by atoms with Crippen molar-refractivity contribution in [1.29, 1.82) is 0 Å². The van der Waals surface area contributed by atoms with Crippen molar-refractivity contribution in [2.45, 2.75) is 52.6 Å². The van der Waals surface area contributed by atoms with E-state index in [1.807, 2.05) is 20.8 Å². The van der Waals surface area contributed by atoms with Gasteiger partial charge in [-0.2, -0.15) is 13.2 Å². The molecule has 1 aromatic rings.